The van der Waals surface area contributed by atoms with Gasteiger partial charge in [-0.15, -0.1) is 0 Å². The number of aromatic nitrogens is 1. The fourth-order valence-electron chi connectivity index (χ4n) is 3.59. The molecule has 0 saturated heterocycles. The Kier molecular flexibility index (Phi) is 4.34. The van der Waals surface area contributed by atoms with Crippen molar-refractivity contribution in [2.24, 2.45) is 5.73 Å². The Bertz CT molecular complexity index is 1170. The molecule has 3 nitrogen and oxygen atoms in total. The van der Waals surface area contributed by atoms with Crippen LogP contribution in [0.3, 0.4) is 0 Å². The third-order valence-electron chi connectivity index (χ3n) is 4.72. The van der Waals surface area contributed by atoms with E-state index in [1.54, 1.807) is 6.07 Å². The molecule has 4 heteroatoms. The van der Waals surface area contributed by atoms with Gasteiger partial charge < -0.3 is 5.73 Å². The van der Waals surface area contributed by atoms with Gasteiger partial charge in [-0.25, -0.2) is 4.39 Å². The molecule has 27 heavy (non-hydrogen) atoms. The van der Waals surface area contributed by atoms with Crippen molar-refractivity contribution in [3.05, 3.63) is 101 Å². The molecule has 4 rings (SSSR count). The second kappa shape index (κ2) is 6.82. The van der Waals surface area contributed by atoms with Crippen LogP contribution in [0.4, 0.5) is 4.39 Å². The zero-order chi connectivity index (χ0) is 19.0. The van der Waals surface area contributed by atoms with Gasteiger partial charge in [0.25, 0.3) is 5.56 Å². The maximum atomic E-state index is 14.0. The van der Waals surface area contributed by atoms with E-state index in [1.165, 1.54) is 16.7 Å². The first kappa shape index (κ1) is 17.2. The molecule has 134 valence electrons. The molecule has 1 atom stereocenters. The Hall–Kier alpha value is -3.24. The van der Waals surface area contributed by atoms with Crippen LogP contribution in [-0.4, -0.2) is 4.40 Å². The standard InChI is InChI=1S/C23H19FN2O/c1-15(25)20-21(16-8-4-2-5-9-16)19-13-12-18(24)14-26(19)23(27)22(20)17-10-6-3-7-11-17/h2-15H,25H2,1H3/t15-/m0/s1. The van der Waals surface area contributed by atoms with Crippen molar-refractivity contribution in [1.29, 1.82) is 0 Å². The fourth-order valence-corrected chi connectivity index (χ4v) is 3.59. The molecular weight excluding hydrogens is 339 g/mol. The summed E-state index contributed by atoms with van der Waals surface area (Å²) in [6.07, 6.45) is 1.24. The van der Waals surface area contributed by atoms with Gasteiger partial charge in [-0.1, -0.05) is 60.7 Å². The van der Waals surface area contributed by atoms with E-state index in [4.69, 9.17) is 5.73 Å². The van der Waals surface area contributed by atoms with Crippen LogP contribution < -0.4 is 11.3 Å². The van der Waals surface area contributed by atoms with Crippen molar-refractivity contribution >= 4 is 5.52 Å². The first-order valence-corrected chi connectivity index (χ1v) is 8.82. The van der Waals surface area contributed by atoms with Gasteiger partial charge in [0, 0.05) is 17.8 Å². The van der Waals surface area contributed by atoms with Crippen LogP contribution in [0.25, 0.3) is 27.8 Å². The minimum absolute atomic E-state index is 0.275. The molecule has 0 spiro atoms. The van der Waals surface area contributed by atoms with Crippen molar-refractivity contribution in [1.82, 2.24) is 4.40 Å². The number of pyridine rings is 2. The summed E-state index contributed by atoms with van der Waals surface area (Å²) in [4.78, 5) is 13.3. The number of nitrogens with two attached hydrogens (primary N) is 1. The molecule has 0 aliphatic carbocycles. The maximum absolute atomic E-state index is 14.0. The topological polar surface area (TPSA) is 47.5 Å². The van der Waals surface area contributed by atoms with E-state index in [-0.39, 0.29) is 11.6 Å². The maximum Gasteiger partial charge on any atom is 0.263 e. The Morgan fingerprint density at radius 1 is 0.852 bits per heavy atom. The van der Waals surface area contributed by atoms with Crippen LogP contribution in [0.15, 0.2) is 83.8 Å². The normalized spacial score (nSPS) is 12.3. The van der Waals surface area contributed by atoms with Crippen LogP contribution >= 0.6 is 0 Å². The van der Waals surface area contributed by atoms with E-state index < -0.39 is 5.82 Å². The number of benzene rings is 2. The number of rotatable bonds is 3. The Labute approximate surface area is 156 Å². The third kappa shape index (κ3) is 2.94. The second-order valence-electron chi connectivity index (χ2n) is 6.59. The van der Waals surface area contributed by atoms with Crippen molar-refractivity contribution in [2.45, 2.75) is 13.0 Å². The average Bonchev–Trinajstić information content (AvgIpc) is 2.69. The molecule has 0 amide bonds. The van der Waals surface area contributed by atoms with Gasteiger partial charge in [0.2, 0.25) is 0 Å². The summed E-state index contributed by atoms with van der Waals surface area (Å²) < 4.78 is 15.3. The molecular formula is C23H19FN2O. The van der Waals surface area contributed by atoms with Crippen molar-refractivity contribution in [2.75, 3.05) is 0 Å². The molecule has 2 aromatic carbocycles. The summed E-state index contributed by atoms with van der Waals surface area (Å²) in [5, 5.41) is 0. The molecule has 0 fully saturated rings. The first-order chi connectivity index (χ1) is 13.1. The average molecular weight is 358 g/mol. The summed E-state index contributed by atoms with van der Waals surface area (Å²) in [6.45, 7) is 1.87. The minimum atomic E-state index is -0.462. The molecule has 4 aromatic rings. The number of halogens is 1. The van der Waals surface area contributed by atoms with E-state index in [9.17, 15) is 9.18 Å². The molecule has 2 heterocycles. The van der Waals surface area contributed by atoms with Crippen LogP contribution in [0.1, 0.15) is 18.5 Å². The molecule has 0 unspecified atom stereocenters. The van der Waals surface area contributed by atoms with Crippen LogP contribution in [0.5, 0.6) is 0 Å². The highest BCUT2D eigenvalue weighted by Crippen LogP contribution is 2.36. The number of hydrogen-bond acceptors (Lipinski definition) is 2. The van der Waals surface area contributed by atoms with Gasteiger partial charge in [0.05, 0.1) is 11.1 Å². The Balaban J connectivity index is 2.25. The van der Waals surface area contributed by atoms with Crippen LogP contribution in [0.2, 0.25) is 0 Å². The van der Waals surface area contributed by atoms with Gasteiger partial charge >= 0.3 is 0 Å². The smallest absolute Gasteiger partial charge is 0.263 e. The van der Waals surface area contributed by atoms with Gasteiger partial charge in [-0.05, 0) is 35.7 Å². The Morgan fingerprint density at radius 2 is 1.41 bits per heavy atom. The van der Waals surface area contributed by atoms with E-state index in [2.05, 4.69) is 0 Å². The lowest BCUT2D eigenvalue weighted by Crippen LogP contribution is -2.23. The fraction of sp³-hybridized carbons (Fsp3) is 0.0870. The van der Waals surface area contributed by atoms with Crippen LogP contribution in [-0.2, 0) is 0 Å². The first-order valence-electron chi connectivity index (χ1n) is 8.82. The molecule has 0 aliphatic rings. The number of hydrogen-bond donors (Lipinski definition) is 1. The predicted molar refractivity (Wildman–Crippen MR) is 107 cm³/mol. The van der Waals surface area contributed by atoms with Crippen LogP contribution in [0, 0.1) is 5.82 Å². The van der Waals surface area contributed by atoms with Crippen molar-refractivity contribution < 1.29 is 4.39 Å². The molecule has 0 radical (unpaired) electrons. The number of nitrogens with zero attached hydrogens (tertiary/aromatic N) is 1. The summed E-state index contributed by atoms with van der Waals surface area (Å²) in [5.74, 6) is -0.462. The highest BCUT2D eigenvalue weighted by molar-refractivity contribution is 5.89. The van der Waals surface area contributed by atoms with E-state index >= 15 is 0 Å². The van der Waals surface area contributed by atoms with Gasteiger partial charge in [-0.3, -0.25) is 9.20 Å². The Morgan fingerprint density at radius 3 is 1.96 bits per heavy atom. The highest BCUT2D eigenvalue weighted by Gasteiger charge is 2.22. The summed E-state index contributed by atoms with van der Waals surface area (Å²) in [6, 6.07) is 21.8. The van der Waals surface area contributed by atoms with Gasteiger partial charge in [0.15, 0.2) is 0 Å². The zero-order valence-corrected chi connectivity index (χ0v) is 14.9. The van der Waals surface area contributed by atoms with E-state index in [0.29, 0.717) is 11.1 Å². The summed E-state index contributed by atoms with van der Waals surface area (Å²) >= 11 is 0. The summed E-state index contributed by atoms with van der Waals surface area (Å²) in [5.41, 5.74) is 10.6. The largest absolute Gasteiger partial charge is 0.324 e. The highest BCUT2D eigenvalue weighted by atomic mass is 19.1. The summed E-state index contributed by atoms with van der Waals surface area (Å²) in [7, 11) is 0. The minimum Gasteiger partial charge on any atom is -0.324 e. The molecule has 2 N–H and O–H groups in total. The van der Waals surface area contributed by atoms with Gasteiger partial charge in [0.1, 0.15) is 5.82 Å². The van der Waals surface area contributed by atoms with Gasteiger partial charge in [-0.2, -0.15) is 0 Å². The van der Waals surface area contributed by atoms with Crippen molar-refractivity contribution in [3.8, 4) is 22.3 Å². The monoisotopic (exact) mass is 358 g/mol. The quantitative estimate of drug-likeness (QED) is 0.572. The third-order valence-corrected chi connectivity index (χ3v) is 4.72. The number of fused-ring (bicyclic) bond motifs is 1. The lowest BCUT2D eigenvalue weighted by atomic mass is 9.88. The molecule has 0 aliphatic heterocycles. The van der Waals surface area contributed by atoms with Crippen molar-refractivity contribution in [3.63, 3.8) is 0 Å². The van der Waals surface area contributed by atoms with E-state index in [0.717, 1.165) is 22.3 Å². The molecule has 0 saturated carbocycles. The second-order valence-corrected chi connectivity index (χ2v) is 6.59. The lowest BCUT2D eigenvalue weighted by molar-refractivity contribution is 0.618. The lowest BCUT2D eigenvalue weighted by Gasteiger charge is -2.21. The molecule has 2 aromatic heterocycles. The predicted octanol–water partition coefficient (Wildman–Crippen LogP) is 4.79. The molecule has 0 bridgehead atoms. The SMILES string of the molecule is C[C@H](N)c1c(-c2ccccc2)c(=O)n2cc(F)ccc2c1-c1ccccc1. The zero-order valence-electron chi connectivity index (χ0n) is 14.9. The van der Waals surface area contributed by atoms with E-state index in [1.807, 2.05) is 67.6 Å².